The van der Waals surface area contributed by atoms with Gasteiger partial charge in [-0.15, -0.1) is 0 Å². The Hall–Kier alpha value is -0.570. The van der Waals surface area contributed by atoms with Gasteiger partial charge in [0, 0.05) is 13.1 Å². The molecule has 1 fully saturated rings. The van der Waals surface area contributed by atoms with Gasteiger partial charge in [-0.05, 0) is 44.1 Å². The van der Waals surface area contributed by atoms with Crippen molar-refractivity contribution in [2.24, 2.45) is 11.8 Å². The van der Waals surface area contributed by atoms with Gasteiger partial charge < -0.3 is 10.2 Å². The molecule has 1 N–H and O–H groups in total. The first-order valence-electron chi connectivity index (χ1n) is 7.13. The number of carbonyl (C=O) groups excluding carboxylic acids is 1. The van der Waals surface area contributed by atoms with E-state index in [0.29, 0.717) is 6.54 Å². The minimum atomic E-state index is 0.280. The topological polar surface area (TPSA) is 32.3 Å². The fraction of sp³-hybridized carbons (Fsp3) is 0.929. The molecular formula is C14H28N2O. The van der Waals surface area contributed by atoms with E-state index in [1.165, 1.54) is 19.3 Å². The van der Waals surface area contributed by atoms with Crippen molar-refractivity contribution in [1.29, 1.82) is 0 Å². The van der Waals surface area contributed by atoms with Crippen LogP contribution >= 0.6 is 0 Å². The average Bonchev–Trinajstić information content (AvgIpc) is 2.54. The highest BCUT2D eigenvalue weighted by molar-refractivity contribution is 5.78. The van der Waals surface area contributed by atoms with Crippen LogP contribution in [0.3, 0.4) is 0 Å². The van der Waals surface area contributed by atoms with Gasteiger partial charge in [-0.1, -0.05) is 20.8 Å². The normalized spacial score (nSPS) is 21.6. The van der Waals surface area contributed by atoms with E-state index >= 15 is 0 Å². The predicted octanol–water partition coefficient (Wildman–Crippen LogP) is 2.27. The number of hydrogen-bond donors (Lipinski definition) is 1. The Labute approximate surface area is 106 Å². The van der Waals surface area contributed by atoms with Crippen LogP contribution in [-0.2, 0) is 4.79 Å². The highest BCUT2D eigenvalue weighted by Gasteiger charge is 2.21. The molecule has 0 aromatic rings. The highest BCUT2D eigenvalue weighted by Crippen LogP contribution is 2.24. The van der Waals surface area contributed by atoms with E-state index < -0.39 is 0 Å². The number of likely N-dealkylation sites (tertiary alicyclic amines) is 1. The zero-order valence-electron chi connectivity index (χ0n) is 11.7. The third kappa shape index (κ3) is 5.07. The van der Waals surface area contributed by atoms with Crippen LogP contribution in [0.25, 0.3) is 0 Å². The fourth-order valence-electron chi connectivity index (χ4n) is 2.52. The second-order valence-electron chi connectivity index (χ2n) is 5.49. The van der Waals surface area contributed by atoms with E-state index in [9.17, 15) is 4.79 Å². The molecule has 0 saturated carbocycles. The number of rotatable bonds is 5. The van der Waals surface area contributed by atoms with Crippen LogP contribution in [0.2, 0.25) is 0 Å². The van der Waals surface area contributed by atoms with Crippen molar-refractivity contribution in [3.05, 3.63) is 0 Å². The zero-order chi connectivity index (χ0) is 12.7. The molecule has 17 heavy (non-hydrogen) atoms. The van der Waals surface area contributed by atoms with Crippen LogP contribution in [0, 0.1) is 11.8 Å². The maximum absolute atomic E-state index is 12.0. The number of nitrogens with zero attached hydrogens (tertiary/aromatic N) is 1. The summed E-state index contributed by atoms with van der Waals surface area (Å²) in [6.07, 6.45) is 4.71. The van der Waals surface area contributed by atoms with Crippen LogP contribution < -0.4 is 5.32 Å². The summed E-state index contributed by atoms with van der Waals surface area (Å²) >= 11 is 0. The van der Waals surface area contributed by atoms with Crippen molar-refractivity contribution in [1.82, 2.24) is 10.2 Å². The Balaban J connectivity index is 2.32. The van der Waals surface area contributed by atoms with E-state index in [2.05, 4.69) is 26.1 Å². The van der Waals surface area contributed by atoms with Gasteiger partial charge in [0.1, 0.15) is 0 Å². The molecule has 1 amide bonds. The number of carbonyl (C=O) groups is 1. The molecule has 0 aromatic heterocycles. The summed E-state index contributed by atoms with van der Waals surface area (Å²) in [7, 11) is 0. The molecule has 100 valence electrons. The molecule has 1 rings (SSSR count). The van der Waals surface area contributed by atoms with E-state index in [1.54, 1.807) is 0 Å². The maximum atomic E-state index is 12.0. The van der Waals surface area contributed by atoms with Gasteiger partial charge in [0.25, 0.3) is 0 Å². The van der Waals surface area contributed by atoms with Crippen LogP contribution in [0.1, 0.15) is 46.5 Å². The van der Waals surface area contributed by atoms with Crippen molar-refractivity contribution in [2.45, 2.75) is 46.5 Å². The third-order valence-electron chi connectivity index (χ3n) is 3.77. The first-order valence-corrected chi connectivity index (χ1v) is 7.13. The summed E-state index contributed by atoms with van der Waals surface area (Å²) in [6, 6.07) is 0. The summed E-state index contributed by atoms with van der Waals surface area (Å²) in [5.74, 6) is 1.84. The lowest BCUT2D eigenvalue weighted by molar-refractivity contribution is -0.130. The monoisotopic (exact) mass is 240 g/mol. The Morgan fingerprint density at radius 1 is 1.35 bits per heavy atom. The van der Waals surface area contributed by atoms with E-state index in [4.69, 9.17) is 0 Å². The summed E-state index contributed by atoms with van der Waals surface area (Å²) in [6.45, 7) is 10.1. The molecule has 0 bridgehead atoms. The van der Waals surface area contributed by atoms with Gasteiger partial charge in [-0.25, -0.2) is 0 Å². The van der Waals surface area contributed by atoms with E-state index in [-0.39, 0.29) is 5.91 Å². The number of hydrogen-bond acceptors (Lipinski definition) is 2. The van der Waals surface area contributed by atoms with Crippen LogP contribution in [-0.4, -0.2) is 37.0 Å². The molecule has 3 heteroatoms. The Bertz CT molecular complexity index is 228. The van der Waals surface area contributed by atoms with E-state index in [1.807, 2.05) is 4.90 Å². The van der Waals surface area contributed by atoms with E-state index in [0.717, 1.165) is 37.9 Å². The minimum absolute atomic E-state index is 0.280. The Morgan fingerprint density at radius 2 is 2.12 bits per heavy atom. The molecule has 0 spiro atoms. The van der Waals surface area contributed by atoms with Crippen molar-refractivity contribution in [2.75, 3.05) is 26.2 Å². The SMILES string of the molecule is CCCNCC(=O)N1CCCC(C(C)C)CC1. The number of nitrogens with one attached hydrogen (secondary N) is 1. The summed E-state index contributed by atoms with van der Waals surface area (Å²) in [5, 5.41) is 3.20. The van der Waals surface area contributed by atoms with Gasteiger partial charge in [-0.3, -0.25) is 4.79 Å². The van der Waals surface area contributed by atoms with Crippen molar-refractivity contribution in [3.63, 3.8) is 0 Å². The molecule has 1 unspecified atom stereocenters. The summed E-state index contributed by atoms with van der Waals surface area (Å²) in [4.78, 5) is 14.0. The second-order valence-corrected chi connectivity index (χ2v) is 5.49. The van der Waals surface area contributed by atoms with Crippen molar-refractivity contribution in [3.8, 4) is 0 Å². The van der Waals surface area contributed by atoms with Crippen LogP contribution in [0.5, 0.6) is 0 Å². The Morgan fingerprint density at radius 3 is 2.76 bits per heavy atom. The lowest BCUT2D eigenvalue weighted by Gasteiger charge is -2.21. The third-order valence-corrected chi connectivity index (χ3v) is 3.77. The standard InChI is InChI=1S/C14H28N2O/c1-4-8-15-11-14(17)16-9-5-6-13(7-10-16)12(2)3/h12-13,15H,4-11H2,1-3H3. The first-order chi connectivity index (χ1) is 8.15. The van der Waals surface area contributed by atoms with Gasteiger partial charge >= 0.3 is 0 Å². The molecule has 3 nitrogen and oxygen atoms in total. The predicted molar refractivity (Wildman–Crippen MR) is 71.9 cm³/mol. The van der Waals surface area contributed by atoms with Crippen LogP contribution in [0.15, 0.2) is 0 Å². The second kappa shape index (κ2) is 7.70. The molecule has 0 aromatic carbocycles. The largest absolute Gasteiger partial charge is 0.342 e. The maximum Gasteiger partial charge on any atom is 0.236 e. The minimum Gasteiger partial charge on any atom is -0.342 e. The fourth-order valence-corrected chi connectivity index (χ4v) is 2.52. The van der Waals surface area contributed by atoms with Crippen LogP contribution in [0.4, 0.5) is 0 Å². The highest BCUT2D eigenvalue weighted by atomic mass is 16.2. The molecule has 1 aliphatic heterocycles. The van der Waals surface area contributed by atoms with Crippen molar-refractivity contribution < 1.29 is 4.79 Å². The number of amides is 1. The molecule has 1 heterocycles. The zero-order valence-corrected chi connectivity index (χ0v) is 11.7. The molecule has 1 saturated heterocycles. The molecular weight excluding hydrogens is 212 g/mol. The molecule has 1 atom stereocenters. The smallest absolute Gasteiger partial charge is 0.236 e. The summed E-state index contributed by atoms with van der Waals surface area (Å²) in [5.41, 5.74) is 0. The quantitative estimate of drug-likeness (QED) is 0.748. The van der Waals surface area contributed by atoms with Gasteiger partial charge in [0.05, 0.1) is 6.54 Å². The van der Waals surface area contributed by atoms with Gasteiger partial charge in [0.2, 0.25) is 5.91 Å². The Kier molecular flexibility index (Phi) is 6.56. The lowest BCUT2D eigenvalue weighted by Crippen LogP contribution is -2.39. The van der Waals surface area contributed by atoms with Crippen molar-refractivity contribution >= 4 is 5.91 Å². The van der Waals surface area contributed by atoms with Gasteiger partial charge in [-0.2, -0.15) is 0 Å². The summed E-state index contributed by atoms with van der Waals surface area (Å²) < 4.78 is 0. The lowest BCUT2D eigenvalue weighted by atomic mass is 9.89. The average molecular weight is 240 g/mol. The first kappa shape index (κ1) is 14.5. The molecule has 0 aliphatic carbocycles. The molecule has 1 aliphatic rings. The van der Waals surface area contributed by atoms with Gasteiger partial charge in [0.15, 0.2) is 0 Å². The molecule has 0 radical (unpaired) electrons.